The Morgan fingerprint density at radius 3 is 1.08 bits per heavy atom. The molecule has 0 bridgehead atoms. The van der Waals surface area contributed by atoms with Gasteiger partial charge in [-0.2, -0.15) is 0 Å². The lowest BCUT2D eigenvalue weighted by Gasteiger charge is -2.40. The number of aromatic nitrogens is 3. The summed E-state index contributed by atoms with van der Waals surface area (Å²) in [7, 11) is 0. The molecule has 5 aliphatic heterocycles. The van der Waals surface area contributed by atoms with Crippen LogP contribution in [0.15, 0.2) is 214 Å². The second-order valence-corrected chi connectivity index (χ2v) is 27.6. The smallest absolute Gasteiger partial charge is 0.314 e. The van der Waals surface area contributed by atoms with Crippen LogP contribution in [0.3, 0.4) is 0 Å². The van der Waals surface area contributed by atoms with E-state index in [0.29, 0.717) is 56.0 Å². The summed E-state index contributed by atoms with van der Waals surface area (Å²) in [6, 6.07) is 55.2. The predicted molar refractivity (Wildman–Crippen MR) is 352 cm³/mol. The van der Waals surface area contributed by atoms with Crippen molar-refractivity contribution in [2.75, 3.05) is 0 Å². The molecule has 16 nitrogen and oxygen atoms in total. The molecular formula is C71H53Br3Cl3N3O13. The highest BCUT2D eigenvalue weighted by molar-refractivity contribution is 9.11. The number of aliphatic carboxylic acids is 1. The highest BCUT2D eigenvalue weighted by Crippen LogP contribution is 2.74. The number of carbonyl (C=O) groups is 3. The molecule has 15 atom stereocenters. The van der Waals surface area contributed by atoms with Crippen LogP contribution in [0.4, 0.5) is 0 Å². The van der Waals surface area contributed by atoms with E-state index in [2.05, 4.69) is 62.7 Å². The Morgan fingerprint density at radius 1 is 0.484 bits per heavy atom. The van der Waals surface area contributed by atoms with Gasteiger partial charge in [-0.3, -0.25) is 29.3 Å². The zero-order chi connectivity index (χ0) is 66.0. The molecule has 22 heteroatoms. The van der Waals surface area contributed by atoms with Crippen molar-refractivity contribution in [2.24, 2.45) is 17.8 Å². The minimum absolute atomic E-state index is 0.0667. The Morgan fingerprint density at radius 2 is 0.774 bits per heavy atom. The van der Waals surface area contributed by atoms with E-state index in [4.69, 9.17) is 59.9 Å². The normalized spacial score (nSPS) is 31.9. The molecule has 0 unspecified atom stereocenters. The van der Waals surface area contributed by atoms with E-state index in [1.54, 1.807) is 67.6 Å². The number of carbonyl (C=O) groups excluding carboxylic acids is 2. The standard InChI is InChI=1S/C23H17BrClNO5.2C23H15BrClNO4.C2H6/c24-14-8-6-13(7-9-14)23-18(12-4-2-1-3-5-12)17(21(28)29)20(27)22(23,30)19-16(31-23)10-15(25)11-26-19;2*24-14-8-6-13(7-9-14)23-18(12-4-2-1-3-5-12)17-20(29-21(17)27)22(23,28)19-16(30-23)10-15(25)11-26-19;1-2/h1-11,17-18,20,27,30H,(H,28,29);2*1-11,17-18,20,28H;1-2H3/t3*17-,18-,20-,22+,23+;/m111./s1/i;;;1D. The van der Waals surface area contributed by atoms with E-state index < -0.39 is 93.4 Å². The van der Waals surface area contributed by atoms with Gasteiger partial charge in [-0.25, -0.2) is 0 Å². The van der Waals surface area contributed by atoms with E-state index >= 15 is 0 Å². The number of carboxylic acids is 1. The van der Waals surface area contributed by atoms with Crippen molar-refractivity contribution >= 4 is 101 Å². The molecule has 3 aliphatic carbocycles. The number of rotatable bonds is 7. The van der Waals surface area contributed by atoms with Crippen molar-refractivity contribution in [3.05, 3.63) is 280 Å². The van der Waals surface area contributed by atoms with Crippen molar-refractivity contribution < 1.29 is 65.0 Å². The Labute approximate surface area is 574 Å². The van der Waals surface area contributed by atoms with Gasteiger partial charge in [0.25, 0.3) is 0 Å². The topological polar surface area (TPSA) is 237 Å². The first-order chi connectivity index (χ1) is 45.1. The lowest BCUT2D eigenvalue weighted by molar-refractivity contribution is -0.214. The number of hydrogen-bond acceptors (Lipinski definition) is 15. The van der Waals surface area contributed by atoms with E-state index in [0.717, 1.165) is 35.7 Å². The third kappa shape index (κ3) is 8.87. The second-order valence-electron chi connectivity index (χ2n) is 23.6. The maximum absolute atomic E-state index is 12.6. The van der Waals surface area contributed by atoms with E-state index in [1.165, 1.54) is 24.7 Å². The maximum Gasteiger partial charge on any atom is 0.314 e. The summed E-state index contributed by atoms with van der Waals surface area (Å²) in [5.41, 5.74) is -4.51. The van der Waals surface area contributed by atoms with Crippen LogP contribution in [0.5, 0.6) is 17.2 Å². The number of aliphatic hydroxyl groups is 4. The zero-order valence-electron chi connectivity index (χ0n) is 49.6. The van der Waals surface area contributed by atoms with Crippen LogP contribution in [0.2, 0.25) is 15.1 Å². The summed E-state index contributed by atoms with van der Waals surface area (Å²) >= 11 is 28.8. The average molecular weight is 1500 g/mol. The van der Waals surface area contributed by atoms with Crippen molar-refractivity contribution in [3.63, 3.8) is 0 Å². The van der Waals surface area contributed by atoms with Gasteiger partial charge in [-0.15, -0.1) is 0 Å². The van der Waals surface area contributed by atoms with E-state index in [1.807, 2.05) is 115 Å². The third-order valence-corrected chi connectivity index (χ3v) is 21.5. The molecule has 8 aliphatic rings. The number of fused-ring (bicyclic) bond motifs is 13. The first-order valence-corrected chi connectivity index (χ1v) is 32.9. The number of aliphatic hydroxyl groups excluding tert-OH is 1. The zero-order valence-corrected chi connectivity index (χ0v) is 55.6. The van der Waals surface area contributed by atoms with Crippen LogP contribution < -0.4 is 14.2 Å². The van der Waals surface area contributed by atoms with Gasteiger partial charge in [-0.1, -0.05) is 224 Å². The molecule has 8 heterocycles. The molecule has 0 amide bonds. The van der Waals surface area contributed by atoms with Gasteiger partial charge < -0.3 is 49.2 Å². The Kier molecular flexibility index (Phi) is 15.5. The molecule has 0 spiro atoms. The lowest BCUT2D eigenvalue weighted by Crippen LogP contribution is -2.56. The molecule has 93 heavy (non-hydrogen) atoms. The Hall–Kier alpha value is -7.27. The van der Waals surface area contributed by atoms with Crippen LogP contribution in [-0.2, 0) is 57.5 Å². The summed E-state index contributed by atoms with van der Waals surface area (Å²) in [5.74, 6) is -5.21. The molecule has 2 saturated heterocycles. The van der Waals surface area contributed by atoms with Gasteiger partial charge >= 0.3 is 17.9 Å². The second kappa shape index (κ2) is 23.3. The van der Waals surface area contributed by atoms with Gasteiger partial charge in [-0.05, 0) is 69.8 Å². The summed E-state index contributed by atoms with van der Waals surface area (Å²) in [6.45, 7) is 2.29. The summed E-state index contributed by atoms with van der Waals surface area (Å²) < 4.78 is 39.4. The fourth-order valence-electron chi connectivity index (χ4n) is 15.8. The SMILES string of the molecule is O=C(O)[C@H]1[C@@H](O)[C@@]2(O)c3ncc(Cl)cc3O[C@@]2(c2ccc(Br)cc2)[C@@H]1c1ccccc1.O=C1O[C@@H]2[C@H]1[C@@H](c1ccccc1)[C@]1(c3ccc(Br)cc3)Oc3cc(Cl)cnc3[C@]21O.O=C1O[C@@H]2[C@H]1[C@@H](c1ccccc1)[C@]1(c3ccc(Br)cc3)Oc3cc(Cl)cnc3[C@]21O.[2H]CC. The average Bonchev–Trinajstić information content (AvgIpc) is 1.50. The van der Waals surface area contributed by atoms with Crippen molar-refractivity contribution in [3.8, 4) is 17.2 Å². The number of esters is 2. The highest BCUT2D eigenvalue weighted by atomic mass is 79.9. The van der Waals surface area contributed by atoms with Crippen LogP contribution in [0, 0.1) is 17.8 Å². The van der Waals surface area contributed by atoms with Gasteiger partial charge in [0.1, 0.15) is 52.3 Å². The molecule has 6 aromatic carbocycles. The summed E-state index contributed by atoms with van der Waals surface area (Å²) in [4.78, 5) is 50.8. The van der Waals surface area contributed by atoms with Gasteiger partial charge in [0.2, 0.25) is 0 Å². The number of benzene rings is 6. The summed E-state index contributed by atoms with van der Waals surface area (Å²) in [6.07, 6.45) is 1.07. The third-order valence-electron chi connectivity index (χ3n) is 19.3. The van der Waals surface area contributed by atoms with Gasteiger partial charge in [0, 0.05) is 69.3 Å². The molecule has 0 radical (unpaired) electrons. The molecule has 3 saturated carbocycles. The van der Waals surface area contributed by atoms with Gasteiger partial charge in [0.05, 0.1) is 21.0 Å². The minimum Gasteiger partial charge on any atom is -0.481 e. The predicted octanol–water partition coefficient (Wildman–Crippen LogP) is 13.5. The number of halogens is 6. The van der Waals surface area contributed by atoms with E-state index in [9.17, 15) is 39.9 Å². The van der Waals surface area contributed by atoms with Crippen LogP contribution >= 0.6 is 82.6 Å². The molecule has 5 N–H and O–H groups in total. The van der Waals surface area contributed by atoms with Crippen LogP contribution in [0.1, 0.15) is 83.4 Å². The van der Waals surface area contributed by atoms with E-state index in [-0.39, 0.29) is 23.4 Å². The Balaban J connectivity index is 0.000000119. The molecule has 17 rings (SSSR count). The van der Waals surface area contributed by atoms with Crippen LogP contribution in [-0.4, -0.2) is 76.7 Å². The molecule has 472 valence electrons. The van der Waals surface area contributed by atoms with Crippen LogP contribution in [0.25, 0.3) is 0 Å². The minimum atomic E-state index is -2.12. The van der Waals surface area contributed by atoms with Crippen molar-refractivity contribution in [1.29, 1.82) is 0 Å². The number of hydrogen-bond donors (Lipinski definition) is 5. The Bertz CT molecular complexity index is 4280. The summed E-state index contributed by atoms with van der Waals surface area (Å²) in [5, 5.41) is 59.2. The lowest BCUT2D eigenvalue weighted by atomic mass is 9.71. The fourth-order valence-corrected chi connectivity index (χ4v) is 17.0. The maximum atomic E-state index is 12.6. The fraction of sp³-hybridized carbons (Fsp3) is 0.239. The number of nitrogens with zero attached hydrogens (tertiary/aromatic N) is 3. The monoisotopic (exact) mass is 1500 g/mol. The molecule has 3 aromatic heterocycles. The number of pyridine rings is 3. The molecule has 9 aromatic rings. The number of ether oxygens (including phenoxy) is 5. The quantitative estimate of drug-likeness (QED) is 0.0933. The largest absolute Gasteiger partial charge is 0.481 e. The first kappa shape index (κ1) is 61.9. The van der Waals surface area contributed by atoms with Crippen molar-refractivity contribution in [2.45, 2.75) is 83.5 Å². The van der Waals surface area contributed by atoms with Gasteiger partial charge in [0.15, 0.2) is 45.8 Å². The first-order valence-electron chi connectivity index (χ1n) is 30.1. The molecule has 5 fully saturated rings. The highest BCUT2D eigenvalue weighted by Gasteiger charge is 2.85. The van der Waals surface area contributed by atoms with Crippen molar-refractivity contribution in [1.82, 2.24) is 15.0 Å². The number of carboxylic acid groups (broad SMARTS) is 1. The molecular weight excluding hydrogens is 1450 g/mol.